The zero-order chi connectivity index (χ0) is 14.8. The highest BCUT2D eigenvalue weighted by atomic mass is 79.9. The molecule has 0 radical (unpaired) electrons. The Morgan fingerprint density at radius 2 is 1.75 bits per heavy atom. The second-order valence-corrected chi connectivity index (χ2v) is 8.20. The highest BCUT2D eigenvalue weighted by Gasteiger charge is 2.37. The third-order valence-electron chi connectivity index (χ3n) is 5.47. The molecule has 112 valence electrons. The Labute approximate surface area is 132 Å². The minimum atomic E-state index is 0.00809. The van der Waals surface area contributed by atoms with Crippen molar-refractivity contribution >= 4 is 15.9 Å². The maximum Gasteiger partial charge on any atom is 0.0195 e. The molecule has 0 amide bonds. The number of hydrogen-bond donors (Lipinski definition) is 1. The summed E-state index contributed by atoms with van der Waals surface area (Å²) in [4.78, 5) is 0. The maximum absolute atomic E-state index is 6.66. The summed E-state index contributed by atoms with van der Waals surface area (Å²) in [5.41, 5.74) is 8.51. The molecule has 0 spiro atoms. The Hall–Kier alpha value is -0.340. The Kier molecular flexibility index (Phi) is 4.96. The predicted octanol–water partition coefficient (Wildman–Crippen LogP) is 5.32. The quantitative estimate of drug-likeness (QED) is 0.790. The van der Waals surface area contributed by atoms with Crippen LogP contribution in [0.25, 0.3) is 0 Å². The monoisotopic (exact) mass is 337 g/mol. The minimum absolute atomic E-state index is 0.00809. The van der Waals surface area contributed by atoms with Gasteiger partial charge >= 0.3 is 0 Å². The third kappa shape index (κ3) is 3.85. The summed E-state index contributed by atoms with van der Waals surface area (Å²) in [5.74, 6) is 0.842. The molecule has 1 aromatic rings. The lowest BCUT2D eigenvalue weighted by molar-refractivity contribution is 0.115. The van der Waals surface area contributed by atoms with Gasteiger partial charge in [0.05, 0.1) is 0 Å². The molecule has 1 fully saturated rings. The Morgan fingerprint density at radius 3 is 2.25 bits per heavy atom. The van der Waals surface area contributed by atoms with E-state index in [9.17, 15) is 0 Å². The first-order valence-corrected chi connectivity index (χ1v) is 8.67. The van der Waals surface area contributed by atoms with Gasteiger partial charge in [0.15, 0.2) is 0 Å². The van der Waals surface area contributed by atoms with Crippen molar-refractivity contribution in [3.63, 3.8) is 0 Å². The molecular formula is C18H28BrN. The van der Waals surface area contributed by atoms with Crippen molar-refractivity contribution in [3.8, 4) is 0 Å². The van der Waals surface area contributed by atoms with Gasteiger partial charge in [0.1, 0.15) is 0 Å². The second kappa shape index (κ2) is 6.19. The van der Waals surface area contributed by atoms with E-state index in [0.717, 1.165) is 29.7 Å². The average Bonchev–Trinajstić information content (AvgIpc) is 2.42. The van der Waals surface area contributed by atoms with Crippen molar-refractivity contribution in [1.82, 2.24) is 0 Å². The van der Waals surface area contributed by atoms with Gasteiger partial charge in [-0.1, -0.05) is 55.3 Å². The first-order valence-electron chi connectivity index (χ1n) is 7.88. The minimum Gasteiger partial charge on any atom is -0.325 e. The first-order chi connectivity index (χ1) is 9.35. The van der Waals surface area contributed by atoms with Crippen LogP contribution < -0.4 is 5.73 Å². The van der Waals surface area contributed by atoms with E-state index in [1.165, 1.54) is 24.8 Å². The van der Waals surface area contributed by atoms with Crippen LogP contribution in [0.3, 0.4) is 0 Å². The lowest BCUT2D eigenvalue weighted by Crippen LogP contribution is -2.47. The van der Waals surface area contributed by atoms with Gasteiger partial charge in [-0.05, 0) is 61.1 Å². The van der Waals surface area contributed by atoms with Crippen molar-refractivity contribution in [2.24, 2.45) is 17.1 Å². The largest absolute Gasteiger partial charge is 0.325 e. The van der Waals surface area contributed by atoms with E-state index in [-0.39, 0.29) is 5.54 Å². The van der Waals surface area contributed by atoms with Crippen molar-refractivity contribution in [1.29, 1.82) is 0 Å². The van der Waals surface area contributed by atoms with Crippen LogP contribution >= 0.6 is 15.9 Å². The highest BCUT2D eigenvalue weighted by Crippen LogP contribution is 2.43. The fourth-order valence-electron chi connectivity index (χ4n) is 3.45. The lowest BCUT2D eigenvalue weighted by atomic mass is 9.65. The summed E-state index contributed by atoms with van der Waals surface area (Å²) in [6.07, 6.45) is 7.18. The van der Waals surface area contributed by atoms with Crippen LogP contribution in [-0.4, -0.2) is 5.54 Å². The normalized spacial score (nSPS) is 27.6. The number of halogens is 1. The van der Waals surface area contributed by atoms with Crippen LogP contribution in [0.2, 0.25) is 0 Å². The molecule has 1 aromatic carbocycles. The molecule has 0 unspecified atom stereocenters. The van der Waals surface area contributed by atoms with E-state index in [1.54, 1.807) is 0 Å². The zero-order valence-corrected chi connectivity index (χ0v) is 14.7. The molecule has 0 heterocycles. The van der Waals surface area contributed by atoms with Crippen LogP contribution in [-0.2, 0) is 6.42 Å². The molecule has 1 nitrogen and oxygen atoms in total. The van der Waals surface area contributed by atoms with E-state index in [1.807, 2.05) is 0 Å². The average molecular weight is 338 g/mol. The van der Waals surface area contributed by atoms with E-state index < -0.39 is 0 Å². The summed E-state index contributed by atoms with van der Waals surface area (Å²) >= 11 is 3.49. The van der Waals surface area contributed by atoms with E-state index in [4.69, 9.17) is 5.73 Å². The van der Waals surface area contributed by atoms with E-state index in [2.05, 4.69) is 61.0 Å². The summed E-state index contributed by atoms with van der Waals surface area (Å²) in [6, 6.07) is 8.62. The summed E-state index contributed by atoms with van der Waals surface area (Å²) < 4.78 is 1.14. The van der Waals surface area contributed by atoms with Gasteiger partial charge < -0.3 is 5.73 Å². The molecule has 0 aliphatic heterocycles. The number of nitrogens with two attached hydrogens (primary N) is 1. The fraction of sp³-hybridized carbons (Fsp3) is 0.667. The summed E-state index contributed by atoms with van der Waals surface area (Å²) in [6.45, 7) is 7.14. The van der Waals surface area contributed by atoms with Gasteiger partial charge in [0.2, 0.25) is 0 Å². The molecule has 2 rings (SSSR count). The topological polar surface area (TPSA) is 26.0 Å². The van der Waals surface area contributed by atoms with Crippen LogP contribution in [0.5, 0.6) is 0 Å². The van der Waals surface area contributed by atoms with E-state index >= 15 is 0 Å². The van der Waals surface area contributed by atoms with Crippen molar-refractivity contribution in [3.05, 3.63) is 34.3 Å². The Bertz CT molecular complexity index is 427. The van der Waals surface area contributed by atoms with Gasteiger partial charge in [0.25, 0.3) is 0 Å². The standard InChI is InChI=1S/C18H28BrN/c1-4-17(2,3)15-9-11-18(20,12-10-15)13-14-5-7-16(19)8-6-14/h5-8,15H,4,9-13,20H2,1-3H3. The van der Waals surface area contributed by atoms with Crippen LogP contribution in [0.4, 0.5) is 0 Å². The third-order valence-corrected chi connectivity index (χ3v) is 6.00. The van der Waals surface area contributed by atoms with Crippen LogP contribution in [0, 0.1) is 11.3 Å². The number of benzene rings is 1. The molecule has 20 heavy (non-hydrogen) atoms. The summed E-state index contributed by atoms with van der Waals surface area (Å²) in [7, 11) is 0. The van der Waals surface area contributed by atoms with Crippen LogP contribution in [0.1, 0.15) is 58.4 Å². The Balaban J connectivity index is 1.96. The van der Waals surface area contributed by atoms with Gasteiger partial charge in [-0.2, -0.15) is 0 Å². The zero-order valence-electron chi connectivity index (χ0n) is 13.1. The molecule has 0 bridgehead atoms. The van der Waals surface area contributed by atoms with Crippen molar-refractivity contribution < 1.29 is 0 Å². The van der Waals surface area contributed by atoms with Crippen LogP contribution in [0.15, 0.2) is 28.7 Å². The van der Waals surface area contributed by atoms with Gasteiger partial charge in [-0.25, -0.2) is 0 Å². The highest BCUT2D eigenvalue weighted by molar-refractivity contribution is 9.10. The van der Waals surface area contributed by atoms with Crippen molar-refractivity contribution in [2.75, 3.05) is 0 Å². The van der Waals surface area contributed by atoms with Gasteiger partial charge in [-0.3, -0.25) is 0 Å². The maximum atomic E-state index is 6.66. The molecule has 2 N–H and O–H groups in total. The summed E-state index contributed by atoms with van der Waals surface area (Å²) in [5, 5.41) is 0. The van der Waals surface area contributed by atoms with Gasteiger partial charge in [0, 0.05) is 10.0 Å². The first kappa shape index (κ1) is 16.0. The molecular weight excluding hydrogens is 310 g/mol. The predicted molar refractivity (Wildman–Crippen MR) is 90.8 cm³/mol. The van der Waals surface area contributed by atoms with E-state index in [0.29, 0.717) is 5.41 Å². The Morgan fingerprint density at radius 1 is 1.20 bits per heavy atom. The van der Waals surface area contributed by atoms with Gasteiger partial charge in [-0.15, -0.1) is 0 Å². The molecule has 2 heteroatoms. The molecule has 1 aliphatic carbocycles. The number of hydrogen-bond acceptors (Lipinski definition) is 1. The molecule has 0 aromatic heterocycles. The second-order valence-electron chi connectivity index (χ2n) is 7.28. The smallest absolute Gasteiger partial charge is 0.0195 e. The lowest BCUT2D eigenvalue weighted by Gasteiger charge is -2.43. The molecule has 1 saturated carbocycles. The molecule has 0 atom stereocenters. The SMILES string of the molecule is CCC(C)(C)C1CCC(N)(Cc2ccc(Br)cc2)CC1. The number of rotatable bonds is 4. The fourth-order valence-corrected chi connectivity index (χ4v) is 3.71. The molecule has 1 aliphatic rings. The van der Waals surface area contributed by atoms with Crippen molar-refractivity contribution in [2.45, 2.75) is 64.8 Å². The molecule has 0 saturated heterocycles.